The smallest absolute Gasteiger partial charge is 0.126 e. The Morgan fingerprint density at radius 2 is 2.15 bits per heavy atom. The third-order valence-corrected chi connectivity index (χ3v) is 2.16. The van der Waals surface area contributed by atoms with Gasteiger partial charge in [0.05, 0.1) is 0 Å². The Hall–Kier alpha value is -0.850. The molecule has 0 bridgehead atoms. The van der Waals surface area contributed by atoms with Crippen molar-refractivity contribution in [2.24, 2.45) is 5.92 Å². The molecular weight excluding hydrogens is 163 g/mol. The lowest BCUT2D eigenvalue weighted by molar-refractivity contribution is 0.538. The van der Waals surface area contributed by atoms with Gasteiger partial charge in [-0.1, -0.05) is 45.9 Å². The van der Waals surface area contributed by atoms with Crippen LogP contribution in [0, 0.1) is 5.92 Å². The lowest BCUT2D eigenvalue weighted by Crippen LogP contribution is -1.98. The minimum absolute atomic E-state index is 0.233. The molecule has 0 aliphatic rings. The van der Waals surface area contributed by atoms with Gasteiger partial charge in [0.15, 0.2) is 0 Å². The van der Waals surface area contributed by atoms with Crippen molar-refractivity contribution in [3.63, 3.8) is 0 Å². The van der Waals surface area contributed by atoms with Gasteiger partial charge in [0.1, 0.15) is 5.83 Å². The number of unbranched alkanes of at least 4 members (excludes halogenated alkanes) is 1. The van der Waals surface area contributed by atoms with E-state index in [0.29, 0.717) is 5.57 Å². The fourth-order valence-electron chi connectivity index (χ4n) is 1.13. The summed E-state index contributed by atoms with van der Waals surface area (Å²) in [6.45, 7) is 11.3. The molecule has 0 heterocycles. The lowest BCUT2D eigenvalue weighted by atomic mass is 9.95. The van der Waals surface area contributed by atoms with Crippen molar-refractivity contribution in [1.82, 2.24) is 0 Å². The van der Waals surface area contributed by atoms with E-state index in [1.54, 1.807) is 0 Å². The van der Waals surface area contributed by atoms with Crippen molar-refractivity contribution in [1.29, 1.82) is 0 Å². The van der Waals surface area contributed by atoms with Gasteiger partial charge in [0.2, 0.25) is 0 Å². The summed E-state index contributed by atoms with van der Waals surface area (Å²) >= 11 is 0. The maximum atomic E-state index is 13.2. The third kappa shape index (κ3) is 4.66. The normalized spacial score (nSPS) is 13.9. The van der Waals surface area contributed by atoms with Gasteiger partial charge in [0, 0.05) is 0 Å². The predicted octanol–water partition coefficient (Wildman–Crippen LogP) is 4.41. The van der Waals surface area contributed by atoms with Crippen LogP contribution in [-0.4, -0.2) is 0 Å². The highest BCUT2D eigenvalue weighted by molar-refractivity contribution is 5.26. The Morgan fingerprint density at radius 1 is 1.54 bits per heavy atom. The number of rotatable bonds is 6. The van der Waals surface area contributed by atoms with Gasteiger partial charge >= 0.3 is 0 Å². The van der Waals surface area contributed by atoms with Crippen molar-refractivity contribution in [2.45, 2.75) is 33.1 Å². The molecule has 0 amide bonds. The van der Waals surface area contributed by atoms with Crippen molar-refractivity contribution < 1.29 is 4.39 Å². The Balaban J connectivity index is 4.09. The molecule has 0 fully saturated rings. The highest BCUT2D eigenvalue weighted by Crippen LogP contribution is 2.23. The molecule has 0 rings (SSSR count). The van der Waals surface area contributed by atoms with Crippen LogP contribution < -0.4 is 0 Å². The van der Waals surface area contributed by atoms with Crippen LogP contribution in [0.3, 0.4) is 0 Å². The van der Waals surface area contributed by atoms with E-state index >= 15 is 0 Å². The Kier molecular flexibility index (Phi) is 6.21. The molecule has 74 valence electrons. The second-order valence-corrected chi connectivity index (χ2v) is 3.32. The van der Waals surface area contributed by atoms with Crippen molar-refractivity contribution in [3.05, 3.63) is 36.7 Å². The Morgan fingerprint density at radius 3 is 2.62 bits per heavy atom. The predicted molar refractivity (Wildman–Crippen MR) is 57.2 cm³/mol. The van der Waals surface area contributed by atoms with Gasteiger partial charge < -0.3 is 0 Å². The first-order valence-electron chi connectivity index (χ1n) is 4.80. The van der Waals surface area contributed by atoms with Gasteiger partial charge in [-0.3, -0.25) is 0 Å². The summed E-state index contributed by atoms with van der Waals surface area (Å²) in [6.07, 6.45) is 6.09. The molecule has 0 radical (unpaired) electrons. The quantitative estimate of drug-likeness (QED) is 0.534. The molecule has 0 saturated carbocycles. The molecule has 13 heavy (non-hydrogen) atoms. The van der Waals surface area contributed by atoms with E-state index in [2.05, 4.69) is 20.1 Å². The fourth-order valence-corrected chi connectivity index (χ4v) is 1.13. The molecule has 0 aliphatic carbocycles. The zero-order chi connectivity index (χ0) is 10.3. The Bertz CT molecular complexity index is 201. The van der Waals surface area contributed by atoms with E-state index in [1.807, 2.05) is 6.92 Å². The van der Waals surface area contributed by atoms with Crippen LogP contribution >= 0.6 is 0 Å². The minimum Gasteiger partial charge on any atom is -0.207 e. The van der Waals surface area contributed by atoms with Crippen molar-refractivity contribution >= 4 is 0 Å². The van der Waals surface area contributed by atoms with Crippen LogP contribution in [0.2, 0.25) is 0 Å². The van der Waals surface area contributed by atoms with Gasteiger partial charge in [-0.2, -0.15) is 0 Å². The molecule has 0 aromatic carbocycles. The number of halogens is 1. The largest absolute Gasteiger partial charge is 0.207 e. The molecule has 0 aromatic rings. The molecule has 0 aromatic heterocycles. The summed E-state index contributed by atoms with van der Waals surface area (Å²) in [5.74, 6) is -0.00486. The van der Waals surface area contributed by atoms with Crippen LogP contribution in [0.25, 0.3) is 0 Å². The van der Waals surface area contributed by atoms with Crippen LogP contribution in [-0.2, 0) is 0 Å². The number of hydrogen-bond acceptors (Lipinski definition) is 0. The zero-order valence-corrected chi connectivity index (χ0v) is 8.65. The average molecular weight is 182 g/mol. The highest BCUT2D eigenvalue weighted by atomic mass is 19.1. The monoisotopic (exact) mass is 182 g/mol. The first-order valence-corrected chi connectivity index (χ1v) is 4.80. The topological polar surface area (TPSA) is 0 Å². The maximum absolute atomic E-state index is 13.2. The second kappa shape index (κ2) is 6.64. The summed E-state index contributed by atoms with van der Waals surface area (Å²) < 4.78 is 13.2. The molecule has 0 N–H and O–H groups in total. The summed E-state index contributed by atoms with van der Waals surface area (Å²) in [4.78, 5) is 0. The standard InChI is InChI=1S/C12H19F/c1-5-7-9-10(3)11(4)12(13)8-6-2/h6,8,10H,2,4-5,7,9H2,1,3H3/b12-8+. The van der Waals surface area contributed by atoms with E-state index in [0.717, 1.165) is 19.3 Å². The van der Waals surface area contributed by atoms with Gasteiger partial charge in [-0.25, -0.2) is 4.39 Å². The molecule has 1 atom stereocenters. The summed E-state index contributed by atoms with van der Waals surface area (Å²) in [5, 5.41) is 0. The first kappa shape index (κ1) is 12.2. The third-order valence-electron chi connectivity index (χ3n) is 2.16. The second-order valence-electron chi connectivity index (χ2n) is 3.32. The Labute approximate surface area is 80.9 Å². The SMILES string of the molecule is C=C/C=C(/F)C(=C)C(C)CCCC. The highest BCUT2D eigenvalue weighted by Gasteiger charge is 2.09. The lowest BCUT2D eigenvalue weighted by Gasteiger charge is -2.11. The van der Waals surface area contributed by atoms with Gasteiger partial charge in [-0.05, 0) is 24.0 Å². The van der Waals surface area contributed by atoms with Crippen molar-refractivity contribution in [3.8, 4) is 0 Å². The zero-order valence-electron chi connectivity index (χ0n) is 8.65. The average Bonchev–Trinajstić information content (AvgIpc) is 2.13. The number of hydrogen-bond donors (Lipinski definition) is 0. The van der Waals surface area contributed by atoms with E-state index in [4.69, 9.17) is 0 Å². The van der Waals surface area contributed by atoms with Crippen molar-refractivity contribution in [2.75, 3.05) is 0 Å². The summed E-state index contributed by atoms with van der Waals surface area (Å²) in [5.41, 5.74) is 0.591. The van der Waals surface area contributed by atoms with Gasteiger partial charge in [-0.15, -0.1) is 0 Å². The first-order chi connectivity index (χ1) is 6.13. The summed E-state index contributed by atoms with van der Waals surface area (Å²) in [7, 11) is 0. The van der Waals surface area contributed by atoms with Crippen LogP contribution in [0.15, 0.2) is 36.7 Å². The molecule has 0 nitrogen and oxygen atoms in total. The van der Waals surface area contributed by atoms with Gasteiger partial charge in [0.25, 0.3) is 0 Å². The van der Waals surface area contributed by atoms with E-state index in [-0.39, 0.29) is 11.7 Å². The van der Waals surface area contributed by atoms with E-state index < -0.39 is 0 Å². The summed E-state index contributed by atoms with van der Waals surface area (Å²) in [6, 6.07) is 0. The van der Waals surface area contributed by atoms with Crippen LogP contribution in [0.1, 0.15) is 33.1 Å². The molecule has 1 unspecified atom stereocenters. The molecular formula is C12H19F. The fraction of sp³-hybridized carbons (Fsp3) is 0.500. The van der Waals surface area contributed by atoms with E-state index in [9.17, 15) is 4.39 Å². The van der Waals surface area contributed by atoms with Crippen LogP contribution in [0.5, 0.6) is 0 Å². The molecule has 0 saturated heterocycles. The minimum atomic E-state index is -0.237. The molecule has 0 aliphatic heterocycles. The maximum Gasteiger partial charge on any atom is 0.126 e. The van der Waals surface area contributed by atoms with E-state index in [1.165, 1.54) is 12.2 Å². The number of allylic oxidation sites excluding steroid dienone is 4. The molecule has 0 spiro atoms. The van der Waals surface area contributed by atoms with Crippen LogP contribution in [0.4, 0.5) is 4.39 Å². The molecule has 1 heteroatoms.